The molecule has 3 aromatic rings. The zero-order valence-electron chi connectivity index (χ0n) is 18.9. The van der Waals surface area contributed by atoms with Crippen LogP contribution in [0.4, 0.5) is 18.9 Å². The van der Waals surface area contributed by atoms with E-state index in [2.05, 4.69) is 5.32 Å². The van der Waals surface area contributed by atoms with Gasteiger partial charge in [0, 0.05) is 5.56 Å². The third-order valence-corrected chi connectivity index (χ3v) is 6.72. The van der Waals surface area contributed by atoms with Gasteiger partial charge in [0.2, 0.25) is 10.0 Å². The molecule has 1 amide bonds. The summed E-state index contributed by atoms with van der Waals surface area (Å²) in [5.74, 6) is 0.110. The predicted octanol–water partition coefficient (Wildman–Crippen LogP) is 5.79. The van der Waals surface area contributed by atoms with E-state index in [-0.39, 0.29) is 36.3 Å². The molecule has 6 nitrogen and oxygen atoms in total. The molecule has 0 atom stereocenters. The smallest absolute Gasteiger partial charge is 0.416 e. The van der Waals surface area contributed by atoms with Gasteiger partial charge in [0.05, 0.1) is 40.6 Å². The number of sulfonamides is 1. The summed E-state index contributed by atoms with van der Waals surface area (Å²) in [6.07, 6.45) is -3.80. The van der Waals surface area contributed by atoms with Crippen LogP contribution in [-0.4, -0.2) is 33.7 Å². The maximum atomic E-state index is 13.2. The number of alkyl halides is 3. The highest BCUT2D eigenvalue weighted by molar-refractivity contribution is 7.92. The van der Waals surface area contributed by atoms with Gasteiger partial charge in [-0.25, -0.2) is 8.42 Å². The second-order valence-electron chi connectivity index (χ2n) is 7.67. The number of benzene rings is 3. The molecule has 0 bridgehead atoms. The van der Waals surface area contributed by atoms with E-state index in [9.17, 15) is 26.4 Å². The molecule has 0 radical (unpaired) electrons. The van der Waals surface area contributed by atoms with Crippen LogP contribution < -0.4 is 14.4 Å². The lowest BCUT2D eigenvalue weighted by atomic mass is 10.1. The van der Waals surface area contributed by atoms with Gasteiger partial charge in [-0.15, -0.1) is 0 Å². The first-order valence-corrected chi connectivity index (χ1v) is 13.1. The minimum atomic E-state index is -4.67. The number of hydrogen-bond acceptors (Lipinski definition) is 4. The summed E-state index contributed by atoms with van der Waals surface area (Å²) in [5, 5.41) is 2.99. The average Bonchev–Trinajstić information content (AvgIpc) is 2.80. The van der Waals surface area contributed by atoms with Crippen LogP contribution in [0.1, 0.15) is 21.5 Å². The van der Waals surface area contributed by atoms with Crippen LogP contribution in [0.3, 0.4) is 0 Å². The number of nitrogens with one attached hydrogen (secondary N) is 1. The van der Waals surface area contributed by atoms with Crippen molar-refractivity contribution < 1.29 is 31.1 Å². The van der Waals surface area contributed by atoms with Crippen LogP contribution in [0.2, 0.25) is 10.0 Å². The van der Waals surface area contributed by atoms with Gasteiger partial charge in [-0.05, 0) is 48.0 Å². The Labute approximate surface area is 216 Å². The number of carbonyl (C=O) groups excluding carboxylic acids is 1. The monoisotopic (exact) mass is 560 g/mol. The number of carbonyl (C=O) groups is 1. The van der Waals surface area contributed by atoms with Crippen molar-refractivity contribution in [1.82, 2.24) is 5.32 Å². The van der Waals surface area contributed by atoms with Crippen molar-refractivity contribution in [2.75, 3.05) is 23.7 Å². The third kappa shape index (κ3) is 7.28. The number of amides is 1. The topological polar surface area (TPSA) is 75.7 Å². The predicted molar refractivity (Wildman–Crippen MR) is 133 cm³/mol. The molecule has 0 saturated carbocycles. The van der Waals surface area contributed by atoms with Gasteiger partial charge in [0.15, 0.2) is 0 Å². The van der Waals surface area contributed by atoms with Crippen LogP contribution in [0.5, 0.6) is 5.75 Å². The Bertz CT molecular complexity index is 1330. The fourth-order valence-corrected chi connectivity index (χ4v) is 4.53. The lowest BCUT2D eigenvalue weighted by molar-refractivity contribution is -0.137. The number of halogens is 5. The first-order chi connectivity index (χ1) is 16.9. The minimum Gasteiger partial charge on any atom is -0.490 e. The minimum absolute atomic E-state index is 0.150. The summed E-state index contributed by atoms with van der Waals surface area (Å²) in [4.78, 5) is 12.4. The normalized spacial score (nSPS) is 11.7. The largest absolute Gasteiger partial charge is 0.490 e. The Morgan fingerprint density at radius 2 is 1.67 bits per heavy atom. The molecule has 12 heteroatoms. The first-order valence-electron chi connectivity index (χ1n) is 10.4. The Morgan fingerprint density at radius 1 is 1.00 bits per heavy atom. The standard InChI is InChI=1S/C24H21Cl2F3N2O4S/c1-36(33,34)31(21-14-18(24(27,28)29)10-11-19(21)25)15-16-6-8-17(9-7-16)23(32)30-12-13-35-22-5-3-2-4-20(22)26/h2-11,14H,12-13,15H2,1H3,(H,30,32). The second-order valence-corrected chi connectivity index (χ2v) is 10.4. The summed E-state index contributed by atoms with van der Waals surface area (Å²) in [5.41, 5.74) is -0.581. The Hall–Kier alpha value is -2.95. The molecule has 0 aliphatic carbocycles. The maximum Gasteiger partial charge on any atom is 0.416 e. The molecule has 0 spiro atoms. The van der Waals surface area contributed by atoms with Gasteiger partial charge < -0.3 is 10.1 Å². The number of ether oxygens (including phenoxy) is 1. The van der Waals surface area contributed by atoms with Crippen LogP contribution in [0, 0.1) is 0 Å². The molecule has 0 aliphatic heterocycles. The fourth-order valence-electron chi connectivity index (χ4n) is 3.18. The summed E-state index contributed by atoms with van der Waals surface area (Å²) in [6, 6.07) is 15.4. The van der Waals surface area contributed by atoms with Crippen molar-refractivity contribution in [3.8, 4) is 5.75 Å². The van der Waals surface area contributed by atoms with E-state index in [4.69, 9.17) is 27.9 Å². The van der Waals surface area contributed by atoms with Crippen molar-refractivity contribution in [2.24, 2.45) is 0 Å². The summed E-state index contributed by atoms with van der Waals surface area (Å²) < 4.78 is 70.6. The highest BCUT2D eigenvalue weighted by Crippen LogP contribution is 2.36. The molecule has 3 rings (SSSR count). The highest BCUT2D eigenvalue weighted by Gasteiger charge is 2.32. The van der Waals surface area contributed by atoms with Crippen LogP contribution in [0.25, 0.3) is 0 Å². The number of anilines is 1. The highest BCUT2D eigenvalue weighted by atomic mass is 35.5. The van der Waals surface area contributed by atoms with Gasteiger partial charge in [-0.3, -0.25) is 9.10 Å². The molecule has 0 aliphatic rings. The van der Waals surface area contributed by atoms with E-state index in [1.54, 1.807) is 24.3 Å². The molecule has 1 N–H and O–H groups in total. The Morgan fingerprint density at radius 3 is 2.28 bits per heavy atom. The number of para-hydroxylation sites is 1. The van der Waals surface area contributed by atoms with E-state index in [0.717, 1.165) is 22.7 Å². The molecule has 0 heterocycles. The molecule has 0 fully saturated rings. The molecule has 0 unspecified atom stereocenters. The fraction of sp³-hybridized carbons (Fsp3) is 0.208. The van der Waals surface area contributed by atoms with E-state index in [1.807, 2.05) is 0 Å². The number of rotatable bonds is 9. The lowest BCUT2D eigenvalue weighted by Crippen LogP contribution is -2.30. The van der Waals surface area contributed by atoms with Gasteiger partial charge in [0.1, 0.15) is 12.4 Å². The van der Waals surface area contributed by atoms with Gasteiger partial charge >= 0.3 is 6.18 Å². The molecule has 0 aromatic heterocycles. The maximum absolute atomic E-state index is 13.2. The molecule has 36 heavy (non-hydrogen) atoms. The second kappa shape index (κ2) is 11.4. The average molecular weight is 561 g/mol. The van der Waals surface area contributed by atoms with E-state index < -0.39 is 21.8 Å². The van der Waals surface area contributed by atoms with E-state index in [0.29, 0.717) is 28.0 Å². The quantitative estimate of drug-likeness (QED) is 0.336. The van der Waals surface area contributed by atoms with Crippen LogP contribution in [-0.2, 0) is 22.7 Å². The van der Waals surface area contributed by atoms with Crippen LogP contribution >= 0.6 is 23.2 Å². The molecule has 3 aromatic carbocycles. The summed E-state index contributed by atoms with van der Waals surface area (Å²) in [7, 11) is -3.99. The number of hydrogen-bond donors (Lipinski definition) is 1. The Balaban J connectivity index is 1.67. The van der Waals surface area contributed by atoms with Gasteiger partial charge in [-0.2, -0.15) is 13.2 Å². The van der Waals surface area contributed by atoms with Crippen molar-refractivity contribution in [3.05, 3.63) is 93.5 Å². The number of nitrogens with zero attached hydrogens (tertiary/aromatic N) is 1. The summed E-state index contributed by atoms with van der Waals surface area (Å²) in [6.45, 7) is 0.115. The zero-order chi connectivity index (χ0) is 26.5. The molecule has 0 saturated heterocycles. The molecular weight excluding hydrogens is 540 g/mol. The SMILES string of the molecule is CS(=O)(=O)N(Cc1ccc(C(=O)NCCOc2ccccc2Cl)cc1)c1cc(C(F)(F)F)ccc1Cl. The van der Waals surface area contributed by atoms with Crippen molar-refractivity contribution >= 4 is 44.8 Å². The van der Waals surface area contributed by atoms with Crippen molar-refractivity contribution in [3.63, 3.8) is 0 Å². The molecule has 192 valence electrons. The Kier molecular flexibility index (Phi) is 8.76. The zero-order valence-corrected chi connectivity index (χ0v) is 21.2. The van der Waals surface area contributed by atoms with Crippen molar-refractivity contribution in [1.29, 1.82) is 0 Å². The van der Waals surface area contributed by atoms with Crippen LogP contribution in [0.15, 0.2) is 66.7 Å². The van der Waals surface area contributed by atoms with Gasteiger partial charge in [0.25, 0.3) is 5.91 Å². The van der Waals surface area contributed by atoms with E-state index in [1.165, 1.54) is 24.3 Å². The van der Waals surface area contributed by atoms with Gasteiger partial charge in [-0.1, -0.05) is 47.5 Å². The first kappa shape index (κ1) is 27.6. The van der Waals surface area contributed by atoms with E-state index >= 15 is 0 Å². The lowest BCUT2D eigenvalue weighted by Gasteiger charge is -2.24. The third-order valence-electron chi connectivity index (χ3n) is 4.97. The summed E-state index contributed by atoms with van der Waals surface area (Å²) >= 11 is 12.0. The molecular formula is C24H21Cl2F3N2O4S. The van der Waals surface area contributed by atoms with Crippen molar-refractivity contribution in [2.45, 2.75) is 12.7 Å².